The van der Waals surface area contributed by atoms with Crippen LogP contribution in [0, 0.1) is 0 Å². The van der Waals surface area contributed by atoms with E-state index in [-0.39, 0.29) is 0 Å². The van der Waals surface area contributed by atoms with Gasteiger partial charge in [0.05, 0.1) is 7.11 Å². The molecule has 1 aromatic carbocycles. The summed E-state index contributed by atoms with van der Waals surface area (Å²) < 4.78 is 5.55. The second-order valence-electron chi connectivity index (χ2n) is 5.64. The zero-order valence-corrected chi connectivity index (χ0v) is 13.7. The summed E-state index contributed by atoms with van der Waals surface area (Å²) in [4.78, 5) is 4.78. The maximum Gasteiger partial charge on any atom is 0.128 e. The lowest BCUT2D eigenvalue weighted by molar-refractivity contribution is 0.406. The number of hydrogen-bond donors (Lipinski definition) is 1. The van der Waals surface area contributed by atoms with Crippen molar-refractivity contribution in [2.45, 2.75) is 52.4 Å². The summed E-state index contributed by atoms with van der Waals surface area (Å²) in [6.45, 7) is 6.22. The van der Waals surface area contributed by atoms with E-state index in [9.17, 15) is 0 Å². The smallest absolute Gasteiger partial charge is 0.128 e. The van der Waals surface area contributed by atoms with E-state index in [1.807, 2.05) is 0 Å². The van der Waals surface area contributed by atoms with Crippen LogP contribution in [0.3, 0.4) is 0 Å². The van der Waals surface area contributed by atoms with Gasteiger partial charge in [-0.05, 0) is 61.8 Å². The van der Waals surface area contributed by atoms with Crippen LogP contribution >= 0.6 is 0 Å². The van der Waals surface area contributed by atoms with Gasteiger partial charge in [0.2, 0.25) is 0 Å². The molecule has 0 bridgehead atoms. The van der Waals surface area contributed by atoms with Crippen LogP contribution in [0.15, 0.2) is 17.1 Å². The summed E-state index contributed by atoms with van der Waals surface area (Å²) in [6, 6.07) is 4.29. The summed E-state index contributed by atoms with van der Waals surface area (Å²) in [5.41, 5.74) is 4.12. The van der Waals surface area contributed by atoms with Crippen molar-refractivity contribution in [1.82, 2.24) is 5.32 Å². The third-order valence-corrected chi connectivity index (χ3v) is 4.00. The third kappa shape index (κ3) is 3.78. The van der Waals surface area contributed by atoms with E-state index in [2.05, 4.69) is 31.3 Å². The Morgan fingerprint density at radius 1 is 1.14 bits per heavy atom. The highest BCUT2D eigenvalue weighted by Gasteiger charge is 2.19. The number of rotatable bonds is 6. The molecule has 21 heavy (non-hydrogen) atoms. The van der Waals surface area contributed by atoms with Crippen molar-refractivity contribution in [3.8, 4) is 5.75 Å². The normalized spacial score (nSPS) is 14.7. The van der Waals surface area contributed by atoms with Crippen LogP contribution in [-0.4, -0.2) is 26.0 Å². The molecule has 0 heterocycles. The van der Waals surface area contributed by atoms with E-state index < -0.39 is 0 Å². The van der Waals surface area contributed by atoms with E-state index in [1.165, 1.54) is 29.5 Å². The van der Waals surface area contributed by atoms with Gasteiger partial charge in [0.25, 0.3) is 0 Å². The molecule has 0 unspecified atom stereocenters. The molecule has 0 saturated carbocycles. The van der Waals surface area contributed by atoms with Crippen LogP contribution in [0.25, 0.3) is 0 Å². The Balaban J connectivity index is 2.40. The fourth-order valence-electron chi connectivity index (χ4n) is 2.95. The Labute approximate surface area is 128 Å². The van der Waals surface area contributed by atoms with E-state index in [4.69, 9.17) is 9.73 Å². The molecule has 1 N–H and O–H groups in total. The molecule has 0 atom stereocenters. The monoisotopic (exact) mass is 288 g/mol. The summed E-state index contributed by atoms with van der Waals surface area (Å²) >= 11 is 0. The van der Waals surface area contributed by atoms with Gasteiger partial charge in [0, 0.05) is 18.7 Å². The fourth-order valence-corrected chi connectivity index (χ4v) is 2.95. The van der Waals surface area contributed by atoms with Gasteiger partial charge in [-0.15, -0.1) is 0 Å². The highest BCUT2D eigenvalue weighted by Crippen LogP contribution is 2.32. The molecule has 1 aliphatic carbocycles. The standard InChI is InChI=1S/C18H28N2O/c1-4-12-19-18(20-13-5-2)16-10-11-17(21-3)15-9-7-6-8-14(15)16/h10-11H,4-9,12-13H2,1-3H3,(H,19,20). The number of benzene rings is 1. The van der Waals surface area contributed by atoms with Crippen molar-refractivity contribution in [2.24, 2.45) is 4.99 Å². The topological polar surface area (TPSA) is 33.6 Å². The Morgan fingerprint density at radius 3 is 2.57 bits per heavy atom. The largest absolute Gasteiger partial charge is 0.496 e. The number of nitrogens with zero attached hydrogens (tertiary/aromatic N) is 1. The molecule has 0 fully saturated rings. The molecule has 0 saturated heterocycles. The number of methoxy groups -OCH3 is 1. The quantitative estimate of drug-likeness (QED) is 0.639. The molecule has 2 rings (SSSR count). The molecule has 3 nitrogen and oxygen atoms in total. The first-order valence-corrected chi connectivity index (χ1v) is 8.29. The lowest BCUT2D eigenvalue weighted by atomic mass is 9.87. The predicted molar refractivity (Wildman–Crippen MR) is 89.6 cm³/mol. The molecule has 0 radical (unpaired) electrons. The minimum Gasteiger partial charge on any atom is -0.496 e. The zero-order chi connectivity index (χ0) is 15.1. The maximum absolute atomic E-state index is 5.55. The van der Waals surface area contributed by atoms with Gasteiger partial charge in [-0.1, -0.05) is 13.8 Å². The first-order chi connectivity index (χ1) is 10.3. The predicted octanol–water partition coefficient (Wildman–Crippen LogP) is 3.73. The minimum atomic E-state index is 0.882. The SMILES string of the molecule is CCCN=C(NCCC)c1ccc(OC)c2c1CCCC2. The molecular weight excluding hydrogens is 260 g/mol. The van der Waals surface area contributed by atoms with Gasteiger partial charge in [-0.2, -0.15) is 0 Å². The molecular formula is C18H28N2O. The van der Waals surface area contributed by atoms with Crippen LogP contribution < -0.4 is 10.1 Å². The van der Waals surface area contributed by atoms with Crippen molar-refractivity contribution in [1.29, 1.82) is 0 Å². The summed E-state index contributed by atoms with van der Waals surface area (Å²) in [5, 5.41) is 3.52. The lowest BCUT2D eigenvalue weighted by Gasteiger charge is -2.23. The van der Waals surface area contributed by atoms with Gasteiger partial charge < -0.3 is 10.1 Å². The average molecular weight is 288 g/mol. The second kappa shape index (κ2) is 8.06. The number of nitrogens with one attached hydrogen (secondary N) is 1. The summed E-state index contributed by atoms with van der Waals surface area (Å²) in [5.74, 6) is 2.11. The highest BCUT2D eigenvalue weighted by atomic mass is 16.5. The van der Waals surface area contributed by atoms with Crippen LogP contribution in [-0.2, 0) is 12.8 Å². The lowest BCUT2D eigenvalue weighted by Crippen LogP contribution is -2.27. The van der Waals surface area contributed by atoms with E-state index in [1.54, 1.807) is 7.11 Å². The number of ether oxygens (including phenoxy) is 1. The van der Waals surface area contributed by atoms with Gasteiger partial charge in [0.1, 0.15) is 11.6 Å². The first kappa shape index (κ1) is 15.9. The zero-order valence-electron chi connectivity index (χ0n) is 13.7. The van der Waals surface area contributed by atoms with Crippen LogP contribution in [0.2, 0.25) is 0 Å². The molecule has 1 aliphatic rings. The van der Waals surface area contributed by atoms with E-state index in [0.29, 0.717) is 0 Å². The van der Waals surface area contributed by atoms with Gasteiger partial charge in [-0.3, -0.25) is 4.99 Å². The Bertz CT molecular complexity index is 494. The molecule has 0 aromatic heterocycles. The third-order valence-electron chi connectivity index (χ3n) is 4.00. The number of amidine groups is 1. The Morgan fingerprint density at radius 2 is 1.90 bits per heavy atom. The summed E-state index contributed by atoms with van der Waals surface area (Å²) in [7, 11) is 1.77. The number of fused-ring (bicyclic) bond motifs is 1. The Hall–Kier alpha value is -1.51. The molecule has 0 spiro atoms. The fraction of sp³-hybridized carbons (Fsp3) is 0.611. The van der Waals surface area contributed by atoms with Crippen molar-refractivity contribution in [3.05, 3.63) is 28.8 Å². The van der Waals surface area contributed by atoms with E-state index >= 15 is 0 Å². The van der Waals surface area contributed by atoms with Crippen LogP contribution in [0.1, 0.15) is 56.2 Å². The Kier molecular flexibility index (Phi) is 6.09. The maximum atomic E-state index is 5.55. The molecule has 116 valence electrons. The molecule has 3 heteroatoms. The molecule has 0 amide bonds. The van der Waals surface area contributed by atoms with Crippen molar-refractivity contribution >= 4 is 5.84 Å². The number of hydrogen-bond acceptors (Lipinski definition) is 2. The van der Waals surface area contributed by atoms with Crippen LogP contribution in [0.5, 0.6) is 5.75 Å². The van der Waals surface area contributed by atoms with Gasteiger partial charge >= 0.3 is 0 Å². The first-order valence-electron chi connectivity index (χ1n) is 8.29. The minimum absolute atomic E-state index is 0.882. The van der Waals surface area contributed by atoms with Gasteiger partial charge in [0.15, 0.2) is 0 Å². The summed E-state index contributed by atoms with van der Waals surface area (Å²) in [6.07, 6.45) is 6.99. The molecule has 1 aromatic rings. The highest BCUT2D eigenvalue weighted by molar-refractivity contribution is 6.00. The van der Waals surface area contributed by atoms with E-state index in [0.717, 1.165) is 50.4 Å². The van der Waals surface area contributed by atoms with Crippen LogP contribution in [0.4, 0.5) is 0 Å². The number of aliphatic imine (C=N–C) groups is 1. The average Bonchev–Trinajstić information content (AvgIpc) is 2.54. The second-order valence-corrected chi connectivity index (χ2v) is 5.64. The molecule has 0 aliphatic heterocycles. The van der Waals surface area contributed by atoms with Gasteiger partial charge in [-0.25, -0.2) is 0 Å². The van der Waals surface area contributed by atoms with Crippen molar-refractivity contribution in [3.63, 3.8) is 0 Å². The van der Waals surface area contributed by atoms with Crippen molar-refractivity contribution < 1.29 is 4.74 Å². The van der Waals surface area contributed by atoms with Crippen molar-refractivity contribution in [2.75, 3.05) is 20.2 Å².